The maximum Gasteiger partial charge on any atom is 0.223 e. The molecular weight excluding hydrogens is 352 g/mol. The van der Waals surface area contributed by atoms with Gasteiger partial charge in [-0.3, -0.25) is 9.78 Å². The Hall–Kier alpha value is -3.15. The number of amides is 1. The summed E-state index contributed by atoms with van der Waals surface area (Å²) < 4.78 is 5.35. The monoisotopic (exact) mass is 376 g/mol. The molecule has 1 saturated heterocycles. The van der Waals surface area contributed by atoms with Gasteiger partial charge >= 0.3 is 0 Å². The molecule has 28 heavy (non-hydrogen) atoms. The summed E-state index contributed by atoms with van der Waals surface area (Å²) in [6, 6.07) is 15.6. The summed E-state index contributed by atoms with van der Waals surface area (Å²) in [6.07, 6.45) is 3.45. The number of piperidine rings is 1. The number of fused-ring (bicyclic) bond motifs is 1. The number of anilines is 1. The third-order valence-electron chi connectivity index (χ3n) is 5.27. The Bertz CT molecular complexity index is 967. The number of para-hydroxylation sites is 3. The van der Waals surface area contributed by atoms with Crippen LogP contribution in [0.15, 0.2) is 54.7 Å². The molecular formula is C22H24N4O2. The average molecular weight is 376 g/mol. The van der Waals surface area contributed by atoms with E-state index in [1.165, 1.54) is 0 Å². The van der Waals surface area contributed by atoms with Gasteiger partial charge < -0.3 is 15.0 Å². The Labute approximate surface area is 164 Å². The van der Waals surface area contributed by atoms with E-state index in [2.05, 4.69) is 15.2 Å². The summed E-state index contributed by atoms with van der Waals surface area (Å²) >= 11 is 0. The Balaban J connectivity index is 1.33. The van der Waals surface area contributed by atoms with Crippen molar-refractivity contribution < 1.29 is 9.53 Å². The van der Waals surface area contributed by atoms with Crippen LogP contribution in [0.5, 0.6) is 5.75 Å². The Morgan fingerprint density at radius 1 is 1.11 bits per heavy atom. The maximum atomic E-state index is 12.6. The number of nitrogens with zero attached hydrogens (tertiary/aromatic N) is 3. The van der Waals surface area contributed by atoms with Gasteiger partial charge in [0.15, 0.2) is 0 Å². The standard InChI is InChI=1S/C22H24N4O2/c1-28-20-9-5-2-6-17(20)14-24-22(27)16-10-12-26(13-11-16)21-15-23-18-7-3-4-8-19(18)25-21/h2-9,15-16H,10-14H2,1H3,(H,24,27). The van der Waals surface area contributed by atoms with Crippen LogP contribution in [0.3, 0.4) is 0 Å². The maximum absolute atomic E-state index is 12.6. The zero-order valence-corrected chi connectivity index (χ0v) is 16.0. The molecule has 0 aliphatic carbocycles. The van der Waals surface area contributed by atoms with Crippen molar-refractivity contribution in [2.45, 2.75) is 19.4 Å². The first-order valence-electron chi connectivity index (χ1n) is 9.61. The second-order valence-corrected chi connectivity index (χ2v) is 7.01. The highest BCUT2D eigenvalue weighted by molar-refractivity contribution is 5.79. The zero-order chi connectivity index (χ0) is 19.3. The lowest BCUT2D eigenvalue weighted by molar-refractivity contribution is -0.125. The normalized spacial score (nSPS) is 14.8. The van der Waals surface area contributed by atoms with E-state index in [9.17, 15) is 4.79 Å². The van der Waals surface area contributed by atoms with Crippen molar-refractivity contribution >= 4 is 22.8 Å². The highest BCUT2D eigenvalue weighted by Crippen LogP contribution is 2.23. The van der Waals surface area contributed by atoms with E-state index < -0.39 is 0 Å². The number of carbonyl (C=O) groups excluding carboxylic acids is 1. The summed E-state index contributed by atoms with van der Waals surface area (Å²) in [5, 5.41) is 3.06. The minimum Gasteiger partial charge on any atom is -0.496 e. The summed E-state index contributed by atoms with van der Waals surface area (Å²) in [7, 11) is 1.64. The van der Waals surface area contributed by atoms with E-state index in [1.807, 2.05) is 54.7 Å². The Kier molecular flexibility index (Phi) is 5.37. The molecule has 1 aliphatic rings. The predicted octanol–water partition coefficient (Wildman–Crippen LogP) is 3.17. The third-order valence-corrected chi connectivity index (χ3v) is 5.27. The molecule has 6 heteroatoms. The molecule has 144 valence electrons. The van der Waals surface area contributed by atoms with Crippen LogP contribution in [-0.2, 0) is 11.3 Å². The molecule has 0 spiro atoms. The van der Waals surface area contributed by atoms with Gasteiger partial charge in [0.25, 0.3) is 0 Å². The number of ether oxygens (including phenoxy) is 1. The van der Waals surface area contributed by atoms with E-state index in [-0.39, 0.29) is 11.8 Å². The SMILES string of the molecule is COc1ccccc1CNC(=O)C1CCN(c2cnc3ccccc3n2)CC1. The topological polar surface area (TPSA) is 67.3 Å². The van der Waals surface area contributed by atoms with E-state index >= 15 is 0 Å². The molecule has 1 N–H and O–H groups in total. The summed E-state index contributed by atoms with van der Waals surface area (Å²) in [5.74, 6) is 1.81. The number of hydrogen-bond acceptors (Lipinski definition) is 5. The van der Waals surface area contributed by atoms with Crippen molar-refractivity contribution in [2.24, 2.45) is 5.92 Å². The molecule has 3 aromatic rings. The lowest BCUT2D eigenvalue weighted by atomic mass is 9.96. The quantitative estimate of drug-likeness (QED) is 0.741. The van der Waals surface area contributed by atoms with Crippen molar-refractivity contribution in [3.63, 3.8) is 0 Å². The van der Waals surface area contributed by atoms with Crippen LogP contribution >= 0.6 is 0 Å². The van der Waals surface area contributed by atoms with Crippen LogP contribution in [0.1, 0.15) is 18.4 Å². The van der Waals surface area contributed by atoms with Crippen LogP contribution in [-0.4, -0.2) is 36.1 Å². The van der Waals surface area contributed by atoms with Gasteiger partial charge in [-0.2, -0.15) is 0 Å². The first-order valence-corrected chi connectivity index (χ1v) is 9.61. The van der Waals surface area contributed by atoms with Gasteiger partial charge in [-0.1, -0.05) is 30.3 Å². The van der Waals surface area contributed by atoms with Crippen molar-refractivity contribution in [3.05, 3.63) is 60.3 Å². The Morgan fingerprint density at radius 3 is 2.61 bits per heavy atom. The molecule has 0 atom stereocenters. The van der Waals surface area contributed by atoms with Gasteiger partial charge in [0.05, 0.1) is 24.3 Å². The van der Waals surface area contributed by atoms with Gasteiger partial charge in [-0.05, 0) is 31.0 Å². The molecule has 0 radical (unpaired) electrons. The first kappa shape index (κ1) is 18.2. The van der Waals surface area contributed by atoms with Crippen molar-refractivity contribution in [2.75, 3.05) is 25.1 Å². The molecule has 2 aromatic carbocycles. The fraction of sp³-hybridized carbons (Fsp3) is 0.318. The molecule has 0 saturated carbocycles. The van der Waals surface area contributed by atoms with Gasteiger partial charge in [-0.25, -0.2) is 4.98 Å². The van der Waals surface area contributed by atoms with E-state index in [0.717, 1.165) is 54.1 Å². The molecule has 1 fully saturated rings. The van der Waals surface area contributed by atoms with E-state index in [1.54, 1.807) is 7.11 Å². The minimum atomic E-state index is 0.0272. The van der Waals surface area contributed by atoms with Crippen molar-refractivity contribution in [3.8, 4) is 5.75 Å². The number of aromatic nitrogens is 2. The van der Waals surface area contributed by atoms with Gasteiger partial charge in [0.2, 0.25) is 5.91 Å². The second kappa shape index (κ2) is 8.25. The number of carbonyl (C=O) groups is 1. The van der Waals surface area contributed by atoms with Crippen LogP contribution in [0, 0.1) is 5.92 Å². The molecule has 4 rings (SSSR count). The smallest absolute Gasteiger partial charge is 0.223 e. The number of hydrogen-bond donors (Lipinski definition) is 1. The van der Waals surface area contributed by atoms with Crippen LogP contribution in [0.4, 0.5) is 5.82 Å². The second-order valence-electron chi connectivity index (χ2n) is 7.01. The summed E-state index contributed by atoms with van der Waals surface area (Å²) in [5.41, 5.74) is 2.79. The van der Waals surface area contributed by atoms with E-state index in [4.69, 9.17) is 9.72 Å². The predicted molar refractivity (Wildman–Crippen MR) is 109 cm³/mol. The lowest BCUT2D eigenvalue weighted by Crippen LogP contribution is -2.40. The van der Waals surface area contributed by atoms with Crippen LogP contribution in [0.2, 0.25) is 0 Å². The molecule has 1 aliphatic heterocycles. The van der Waals surface area contributed by atoms with Crippen molar-refractivity contribution in [1.82, 2.24) is 15.3 Å². The van der Waals surface area contributed by atoms with Crippen LogP contribution < -0.4 is 15.0 Å². The lowest BCUT2D eigenvalue weighted by Gasteiger charge is -2.32. The molecule has 1 amide bonds. The summed E-state index contributed by atoms with van der Waals surface area (Å²) in [6.45, 7) is 2.10. The number of nitrogens with one attached hydrogen (secondary N) is 1. The van der Waals surface area contributed by atoms with Crippen LogP contribution in [0.25, 0.3) is 11.0 Å². The number of rotatable bonds is 5. The molecule has 1 aromatic heterocycles. The molecule has 2 heterocycles. The number of benzene rings is 2. The van der Waals surface area contributed by atoms with Gasteiger partial charge in [0, 0.05) is 31.1 Å². The number of methoxy groups -OCH3 is 1. The minimum absolute atomic E-state index is 0.0272. The first-order chi connectivity index (χ1) is 13.7. The molecule has 0 bridgehead atoms. The zero-order valence-electron chi connectivity index (χ0n) is 16.0. The van der Waals surface area contributed by atoms with E-state index in [0.29, 0.717) is 6.54 Å². The highest BCUT2D eigenvalue weighted by atomic mass is 16.5. The fourth-order valence-corrected chi connectivity index (χ4v) is 3.65. The summed E-state index contributed by atoms with van der Waals surface area (Å²) in [4.78, 5) is 24.0. The average Bonchev–Trinajstić information content (AvgIpc) is 2.77. The largest absolute Gasteiger partial charge is 0.496 e. The van der Waals surface area contributed by atoms with Crippen molar-refractivity contribution in [1.29, 1.82) is 0 Å². The fourth-order valence-electron chi connectivity index (χ4n) is 3.65. The molecule has 6 nitrogen and oxygen atoms in total. The Morgan fingerprint density at radius 2 is 1.82 bits per heavy atom. The van der Waals surface area contributed by atoms with Gasteiger partial charge in [0.1, 0.15) is 11.6 Å². The molecule has 0 unspecified atom stereocenters. The highest BCUT2D eigenvalue weighted by Gasteiger charge is 2.25. The van der Waals surface area contributed by atoms with Gasteiger partial charge in [-0.15, -0.1) is 0 Å². The third kappa shape index (κ3) is 3.91.